The van der Waals surface area contributed by atoms with Crippen LogP contribution in [0.3, 0.4) is 0 Å². The Morgan fingerprint density at radius 2 is 1.94 bits per heavy atom. The van der Waals surface area contributed by atoms with Crippen LogP contribution in [0.15, 0.2) is 24.3 Å². The molecule has 98 valence electrons. The van der Waals surface area contributed by atoms with Crippen molar-refractivity contribution in [3.63, 3.8) is 0 Å². The van der Waals surface area contributed by atoms with Crippen LogP contribution in [0.4, 0.5) is 0 Å². The van der Waals surface area contributed by atoms with Gasteiger partial charge in [0.1, 0.15) is 0 Å². The maximum absolute atomic E-state index is 12.3. The van der Waals surface area contributed by atoms with E-state index in [0.29, 0.717) is 6.54 Å². The molecule has 1 aromatic rings. The molecule has 3 nitrogen and oxygen atoms in total. The Morgan fingerprint density at radius 3 is 2.61 bits per heavy atom. The molecule has 0 spiro atoms. The van der Waals surface area contributed by atoms with Gasteiger partial charge in [0.15, 0.2) is 0 Å². The highest BCUT2D eigenvalue weighted by atomic mass is 16.2. The van der Waals surface area contributed by atoms with E-state index in [1.807, 2.05) is 24.8 Å². The summed E-state index contributed by atoms with van der Waals surface area (Å²) in [5.41, 5.74) is 8.60. The molecule has 1 aromatic carbocycles. The van der Waals surface area contributed by atoms with Gasteiger partial charge in [-0.3, -0.25) is 4.79 Å². The summed E-state index contributed by atoms with van der Waals surface area (Å²) in [5, 5.41) is 0. The van der Waals surface area contributed by atoms with Crippen molar-refractivity contribution in [2.45, 2.75) is 39.3 Å². The average Bonchev–Trinajstić information content (AvgIpc) is 2.58. The van der Waals surface area contributed by atoms with Gasteiger partial charge in [0, 0.05) is 13.1 Å². The smallest absolute Gasteiger partial charge is 0.240 e. The van der Waals surface area contributed by atoms with Crippen molar-refractivity contribution < 1.29 is 4.79 Å². The number of benzene rings is 1. The van der Waals surface area contributed by atoms with Crippen molar-refractivity contribution in [1.29, 1.82) is 0 Å². The van der Waals surface area contributed by atoms with Crippen LogP contribution < -0.4 is 5.73 Å². The van der Waals surface area contributed by atoms with Crippen LogP contribution in [-0.2, 0) is 17.8 Å². The lowest BCUT2D eigenvalue weighted by Gasteiger charge is -2.26. The number of hydrogen-bond donors (Lipinski definition) is 1. The Kier molecular flexibility index (Phi) is 4.02. The van der Waals surface area contributed by atoms with Crippen LogP contribution >= 0.6 is 0 Å². The highest BCUT2D eigenvalue weighted by molar-refractivity contribution is 5.82. The minimum atomic E-state index is -0.379. The van der Waals surface area contributed by atoms with Gasteiger partial charge in [-0.15, -0.1) is 0 Å². The largest absolute Gasteiger partial charge is 0.337 e. The van der Waals surface area contributed by atoms with Gasteiger partial charge in [0.2, 0.25) is 5.91 Å². The molecule has 0 unspecified atom stereocenters. The number of nitrogens with two attached hydrogens (primary N) is 1. The van der Waals surface area contributed by atoms with Crippen LogP contribution in [0.25, 0.3) is 0 Å². The molecule has 2 rings (SSSR count). The lowest BCUT2D eigenvalue weighted by atomic mass is 10.0. The third-order valence-electron chi connectivity index (χ3n) is 3.67. The summed E-state index contributed by atoms with van der Waals surface area (Å²) in [6.45, 7) is 5.51. The molecular formula is C15H22N2O. The molecule has 0 saturated carbocycles. The fourth-order valence-corrected chi connectivity index (χ4v) is 2.38. The molecule has 0 fully saturated rings. The summed E-state index contributed by atoms with van der Waals surface area (Å²) in [6, 6.07) is 7.99. The second kappa shape index (κ2) is 5.53. The van der Waals surface area contributed by atoms with E-state index < -0.39 is 0 Å². The van der Waals surface area contributed by atoms with Crippen LogP contribution in [0.5, 0.6) is 0 Å². The monoisotopic (exact) mass is 246 g/mol. The Labute approximate surface area is 109 Å². The van der Waals surface area contributed by atoms with E-state index in [2.05, 4.69) is 18.2 Å². The van der Waals surface area contributed by atoms with Crippen LogP contribution in [0.2, 0.25) is 0 Å². The number of fused-ring (bicyclic) bond motifs is 1. The van der Waals surface area contributed by atoms with Crippen molar-refractivity contribution in [3.8, 4) is 0 Å². The first-order valence-corrected chi connectivity index (χ1v) is 6.70. The topological polar surface area (TPSA) is 46.3 Å². The SMILES string of the molecule is CC(C)[C@H](N)C(=O)N1CCCc2ccccc2C1. The van der Waals surface area contributed by atoms with Gasteiger partial charge < -0.3 is 10.6 Å². The van der Waals surface area contributed by atoms with Gasteiger partial charge in [0.25, 0.3) is 0 Å². The van der Waals surface area contributed by atoms with Crippen molar-refractivity contribution in [1.82, 2.24) is 4.90 Å². The Balaban J connectivity index is 2.15. The summed E-state index contributed by atoms with van der Waals surface area (Å²) in [6.07, 6.45) is 2.07. The van der Waals surface area contributed by atoms with Gasteiger partial charge in [-0.2, -0.15) is 0 Å². The molecular weight excluding hydrogens is 224 g/mol. The third kappa shape index (κ3) is 2.72. The molecule has 0 saturated heterocycles. The van der Waals surface area contributed by atoms with E-state index in [0.717, 1.165) is 19.4 Å². The standard InChI is InChI=1S/C15H22N2O/c1-11(2)14(16)15(18)17-9-5-8-12-6-3-4-7-13(12)10-17/h3-4,6-7,11,14H,5,8-10,16H2,1-2H3/t14-/m0/s1. The predicted molar refractivity (Wildman–Crippen MR) is 73.0 cm³/mol. The average molecular weight is 246 g/mol. The van der Waals surface area contributed by atoms with E-state index in [1.165, 1.54) is 11.1 Å². The van der Waals surface area contributed by atoms with Gasteiger partial charge in [0.05, 0.1) is 6.04 Å². The summed E-state index contributed by atoms with van der Waals surface area (Å²) in [5.74, 6) is 0.276. The highest BCUT2D eigenvalue weighted by Crippen LogP contribution is 2.19. The molecule has 1 amide bonds. The second-order valence-electron chi connectivity index (χ2n) is 5.40. The Morgan fingerprint density at radius 1 is 1.28 bits per heavy atom. The molecule has 0 radical (unpaired) electrons. The Hall–Kier alpha value is -1.35. The lowest BCUT2D eigenvalue weighted by Crippen LogP contribution is -2.46. The van der Waals surface area contributed by atoms with Crippen molar-refractivity contribution in [2.24, 2.45) is 11.7 Å². The summed E-state index contributed by atoms with van der Waals surface area (Å²) >= 11 is 0. The van der Waals surface area contributed by atoms with Gasteiger partial charge in [-0.05, 0) is 29.9 Å². The molecule has 1 heterocycles. The van der Waals surface area contributed by atoms with Gasteiger partial charge in [-0.25, -0.2) is 0 Å². The zero-order valence-electron chi connectivity index (χ0n) is 11.2. The number of carbonyl (C=O) groups excluding carboxylic acids is 1. The van der Waals surface area contributed by atoms with Gasteiger partial charge in [-0.1, -0.05) is 38.1 Å². The normalized spacial score (nSPS) is 17.2. The first-order chi connectivity index (χ1) is 8.59. The fourth-order valence-electron chi connectivity index (χ4n) is 2.38. The number of carbonyl (C=O) groups is 1. The van der Waals surface area contributed by atoms with Crippen LogP contribution in [0.1, 0.15) is 31.4 Å². The fraction of sp³-hybridized carbons (Fsp3) is 0.533. The predicted octanol–water partition coefficient (Wildman–Crippen LogP) is 1.94. The van der Waals surface area contributed by atoms with E-state index >= 15 is 0 Å². The first-order valence-electron chi connectivity index (χ1n) is 6.70. The van der Waals surface area contributed by atoms with E-state index in [1.54, 1.807) is 0 Å². The summed E-state index contributed by atoms with van der Waals surface area (Å²) in [7, 11) is 0. The van der Waals surface area contributed by atoms with Crippen molar-refractivity contribution >= 4 is 5.91 Å². The molecule has 3 heteroatoms. The van der Waals surface area contributed by atoms with Crippen molar-refractivity contribution in [2.75, 3.05) is 6.54 Å². The third-order valence-corrected chi connectivity index (χ3v) is 3.67. The molecule has 0 bridgehead atoms. The van der Waals surface area contributed by atoms with E-state index in [-0.39, 0.29) is 17.9 Å². The van der Waals surface area contributed by atoms with Gasteiger partial charge >= 0.3 is 0 Å². The lowest BCUT2D eigenvalue weighted by molar-refractivity contribution is -0.134. The quantitative estimate of drug-likeness (QED) is 0.867. The molecule has 18 heavy (non-hydrogen) atoms. The highest BCUT2D eigenvalue weighted by Gasteiger charge is 2.25. The van der Waals surface area contributed by atoms with Crippen LogP contribution in [0, 0.1) is 5.92 Å². The second-order valence-corrected chi connectivity index (χ2v) is 5.40. The molecule has 1 aliphatic rings. The molecule has 0 aliphatic carbocycles. The Bertz CT molecular complexity index is 428. The zero-order chi connectivity index (χ0) is 13.1. The van der Waals surface area contributed by atoms with E-state index in [4.69, 9.17) is 5.73 Å². The number of rotatable bonds is 2. The molecule has 1 atom stereocenters. The zero-order valence-corrected chi connectivity index (χ0v) is 11.2. The molecule has 2 N–H and O–H groups in total. The van der Waals surface area contributed by atoms with Crippen molar-refractivity contribution in [3.05, 3.63) is 35.4 Å². The molecule has 0 aromatic heterocycles. The summed E-state index contributed by atoms with van der Waals surface area (Å²) < 4.78 is 0. The van der Waals surface area contributed by atoms with E-state index in [9.17, 15) is 4.79 Å². The van der Waals surface area contributed by atoms with Crippen LogP contribution in [-0.4, -0.2) is 23.4 Å². The number of nitrogens with zero attached hydrogens (tertiary/aromatic N) is 1. The summed E-state index contributed by atoms with van der Waals surface area (Å²) in [4.78, 5) is 14.2. The number of amides is 1. The maximum Gasteiger partial charge on any atom is 0.240 e. The number of hydrogen-bond acceptors (Lipinski definition) is 2. The molecule has 1 aliphatic heterocycles. The minimum Gasteiger partial charge on any atom is -0.337 e. The maximum atomic E-state index is 12.3. The minimum absolute atomic E-state index is 0.0849. The first kappa shape index (κ1) is 13.1. The number of aryl methyl sites for hydroxylation is 1.